The molecule has 124 valence electrons. The highest BCUT2D eigenvalue weighted by Gasteiger charge is 2.32. The monoisotopic (exact) mass is 361 g/mol. The lowest BCUT2D eigenvalue weighted by molar-refractivity contribution is -0.122. The van der Waals surface area contributed by atoms with Crippen LogP contribution in [0.25, 0.3) is 6.08 Å². The molecule has 0 spiro atoms. The number of thioether (sulfide) groups is 1. The van der Waals surface area contributed by atoms with Crippen LogP contribution in [0.5, 0.6) is 11.5 Å². The number of rotatable bonds is 5. The molecule has 0 N–H and O–H groups in total. The second kappa shape index (κ2) is 7.11. The molecule has 1 aromatic heterocycles. The summed E-state index contributed by atoms with van der Waals surface area (Å²) in [7, 11) is 3.17. The maximum absolute atomic E-state index is 12.6. The average molecular weight is 361 g/mol. The van der Waals surface area contributed by atoms with Gasteiger partial charge in [0.15, 0.2) is 0 Å². The molecule has 24 heavy (non-hydrogen) atoms. The van der Waals surface area contributed by atoms with E-state index in [0.717, 1.165) is 5.56 Å². The summed E-state index contributed by atoms with van der Waals surface area (Å²) in [6.07, 6.45) is 3.35. The summed E-state index contributed by atoms with van der Waals surface area (Å²) < 4.78 is 16.3. The first-order valence-corrected chi connectivity index (χ1v) is 8.34. The zero-order valence-electron chi connectivity index (χ0n) is 13.1. The van der Waals surface area contributed by atoms with Crippen LogP contribution in [0, 0.1) is 0 Å². The molecule has 1 amide bonds. The molecule has 0 saturated carbocycles. The van der Waals surface area contributed by atoms with E-state index < -0.39 is 0 Å². The first-order chi connectivity index (χ1) is 11.6. The van der Waals surface area contributed by atoms with Gasteiger partial charge in [0.2, 0.25) is 0 Å². The molecule has 7 heteroatoms. The van der Waals surface area contributed by atoms with E-state index in [1.807, 2.05) is 18.2 Å². The Kier molecular flexibility index (Phi) is 4.92. The lowest BCUT2D eigenvalue weighted by Crippen LogP contribution is -2.27. The molecule has 2 heterocycles. The molecule has 0 atom stereocenters. The molecular weight excluding hydrogens is 346 g/mol. The Bertz CT molecular complexity index is 799. The van der Waals surface area contributed by atoms with E-state index in [2.05, 4.69) is 0 Å². The fourth-order valence-corrected chi connectivity index (χ4v) is 3.52. The van der Waals surface area contributed by atoms with Crippen molar-refractivity contribution in [1.29, 1.82) is 0 Å². The third-order valence-electron chi connectivity index (χ3n) is 3.49. The molecule has 5 nitrogen and oxygen atoms in total. The van der Waals surface area contributed by atoms with Gasteiger partial charge in [-0.2, -0.15) is 0 Å². The van der Waals surface area contributed by atoms with Crippen molar-refractivity contribution in [1.82, 2.24) is 4.90 Å². The third kappa shape index (κ3) is 3.32. The molecule has 1 fully saturated rings. The maximum atomic E-state index is 12.6. The van der Waals surface area contributed by atoms with Crippen LogP contribution in [-0.2, 0) is 11.3 Å². The standard InChI is InChI=1S/C17H15NO4S2/c1-20-12-6-5-11(14(9-12)21-2)8-15-16(19)18(17(23)24-15)10-13-4-3-7-22-13/h3-9H,10H2,1-2H3/b15-8+. The van der Waals surface area contributed by atoms with Gasteiger partial charge < -0.3 is 13.9 Å². The van der Waals surface area contributed by atoms with E-state index in [0.29, 0.717) is 33.0 Å². The summed E-state index contributed by atoms with van der Waals surface area (Å²) in [5, 5.41) is 0. The molecule has 0 radical (unpaired) electrons. The normalized spacial score (nSPS) is 16.1. The predicted octanol–water partition coefficient (Wildman–Crippen LogP) is 3.70. The first-order valence-electron chi connectivity index (χ1n) is 7.12. The van der Waals surface area contributed by atoms with E-state index in [4.69, 9.17) is 26.1 Å². The minimum atomic E-state index is -0.140. The van der Waals surface area contributed by atoms with E-state index in [1.54, 1.807) is 38.7 Å². The summed E-state index contributed by atoms with van der Waals surface area (Å²) in [6, 6.07) is 9.03. The van der Waals surface area contributed by atoms with Gasteiger partial charge in [-0.25, -0.2) is 0 Å². The van der Waals surface area contributed by atoms with Gasteiger partial charge in [0.25, 0.3) is 5.91 Å². The molecule has 1 aromatic carbocycles. The van der Waals surface area contributed by atoms with Crippen LogP contribution in [0.4, 0.5) is 0 Å². The second-order valence-corrected chi connectivity index (χ2v) is 6.63. The largest absolute Gasteiger partial charge is 0.497 e. The quantitative estimate of drug-likeness (QED) is 0.598. The van der Waals surface area contributed by atoms with Gasteiger partial charge in [0.05, 0.1) is 31.9 Å². The number of hydrogen-bond acceptors (Lipinski definition) is 6. The Morgan fingerprint density at radius 1 is 1.29 bits per heavy atom. The Labute approximate surface area is 149 Å². The Morgan fingerprint density at radius 2 is 2.12 bits per heavy atom. The predicted molar refractivity (Wildman–Crippen MR) is 97.0 cm³/mol. The van der Waals surface area contributed by atoms with Crippen LogP contribution >= 0.6 is 24.0 Å². The number of amides is 1. The Balaban J connectivity index is 1.86. The highest BCUT2D eigenvalue weighted by molar-refractivity contribution is 8.26. The van der Waals surface area contributed by atoms with Crippen molar-refractivity contribution in [2.24, 2.45) is 0 Å². The zero-order valence-corrected chi connectivity index (χ0v) is 14.8. The highest BCUT2D eigenvalue weighted by Crippen LogP contribution is 2.36. The fourth-order valence-electron chi connectivity index (χ4n) is 2.27. The highest BCUT2D eigenvalue weighted by atomic mass is 32.2. The average Bonchev–Trinajstić information content (AvgIpc) is 3.19. The topological polar surface area (TPSA) is 51.9 Å². The molecule has 2 aromatic rings. The van der Waals surface area contributed by atoms with Crippen molar-refractivity contribution >= 4 is 40.3 Å². The molecule has 1 saturated heterocycles. The molecular formula is C17H15NO4S2. The van der Waals surface area contributed by atoms with E-state index in [1.165, 1.54) is 16.7 Å². The Hall–Kier alpha value is -2.25. The zero-order chi connectivity index (χ0) is 17.1. The van der Waals surface area contributed by atoms with Crippen molar-refractivity contribution in [3.05, 3.63) is 52.8 Å². The van der Waals surface area contributed by atoms with Gasteiger partial charge >= 0.3 is 0 Å². The van der Waals surface area contributed by atoms with Crippen LogP contribution in [-0.4, -0.2) is 29.3 Å². The minimum Gasteiger partial charge on any atom is -0.497 e. The molecule has 0 aliphatic carbocycles. The van der Waals surface area contributed by atoms with Crippen molar-refractivity contribution in [2.45, 2.75) is 6.54 Å². The lowest BCUT2D eigenvalue weighted by atomic mass is 10.1. The van der Waals surface area contributed by atoms with Crippen LogP contribution in [0.1, 0.15) is 11.3 Å². The molecule has 3 rings (SSSR count). The molecule has 0 unspecified atom stereocenters. The van der Waals surface area contributed by atoms with Gasteiger partial charge in [0.1, 0.15) is 21.6 Å². The van der Waals surface area contributed by atoms with Crippen LogP contribution in [0.2, 0.25) is 0 Å². The SMILES string of the molecule is COc1ccc(/C=C2/SC(=S)N(Cc3ccco3)C2=O)c(OC)c1. The molecule has 1 aliphatic heterocycles. The third-order valence-corrected chi connectivity index (χ3v) is 4.87. The number of furan rings is 1. The molecule has 1 aliphatic rings. The summed E-state index contributed by atoms with van der Waals surface area (Å²) in [5.74, 6) is 1.87. The number of hydrogen-bond donors (Lipinski definition) is 0. The molecule has 0 bridgehead atoms. The number of thiocarbonyl (C=S) groups is 1. The smallest absolute Gasteiger partial charge is 0.266 e. The number of benzene rings is 1. The summed E-state index contributed by atoms with van der Waals surface area (Å²) in [5.41, 5.74) is 0.789. The number of carbonyl (C=O) groups excluding carboxylic acids is 1. The van der Waals surface area contributed by atoms with Gasteiger partial charge in [-0.1, -0.05) is 24.0 Å². The van der Waals surface area contributed by atoms with Gasteiger partial charge in [-0.05, 0) is 30.3 Å². The summed E-state index contributed by atoms with van der Waals surface area (Å²) in [4.78, 5) is 14.7. The Morgan fingerprint density at radius 3 is 2.79 bits per heavy atom. The first kappa shape index (κ1) is 16.6. The van der Waals surface area contributed by atoms with Crippen molar-refractivity contribution in [3.8, 4) is 11.5 Å². The summed E-state index contributed by atoms with van der Waals surface area (Å²) >= 11 is 6.59. The van der Waals surface area contributed by atoms with E-state index in [9.17, 15) is 4.79 Å². The number of carbonyl (C=O) groups is 1. The van der Waals surface area contributed by atoms with E-state index in [-0.39, 0.29) is 5.91 Å². The van der Waals surface area contributed by atoms with E-state index >= 15 is 0 Å². The number of methoxy groups -OCH3 is 2. The number of ether oxygens (including phenoxy) is 2. The van der Waals surface area contributed by atoms with Gasteiger partial charge in [0, 0.05) is 11.6 Å². The van der Waals surface area contributed by atoms with Crippen molar-refractivity contribution < 1.29 is 18.7 Å². The van der Waals surface area contributed by atoms with Crippen LogP contribution in [0.3, 0.4) is 0 Å². The summed E-state index contributed by atoms with van der Waals surface area (Å²) in [6.45, 7) is 0.328. The van der Waals surface area contributed by atoms with Gasteiger partial charge in [-0.15, -0.1) is 0 Å². The van der Waals surface area contributed by atoms with Gasteiger partial charge in [-0.3, -0.25) is 9.69 Å². The maximum Gasteiger partial charge on any atom is 0.266 e. The van der Waals surface area contributed by atoms with Crippen LogP contribution < -0.4 is 9.47 Å². The van der Waals surface area contributed by atoms with Crippen molar-refractivity contribution in [3.63, 3.8) is 0 Å². The van der Waals surface area contributed by atoms with Crippen molar-refractivity contribution in [2.75, 3.05) is 14.2 Å². The number of nitrogens with zero attached hydrogens (tertiary/aromatic N) is 1. The van der Waals surface area contributed by atoms with Crippen LogP contribution in [0.15, 0.2) is 45.9 Å². The minimum absolute atomic E-state index is 0.140. The second-order valence-electron chi connectivity index (χ2n) is 4.96. The fraction of sp³-hybridized carbons (Fsp3) is 0.176. The lowest BCUT2D eigenvalue weighted by Gasteiger charge is -2.12.